The maximum Gasteiger partial charge on any atom is 0.282 e. The van der Waals surface area contributed by atoms with Crippen molar-refractivity contribution in [3.05, 3.63) is 58.6 Å². The second kappa shape index (κ2) is 7.72. The van der Waals surface area contributed by atoms with E-state index in [1.54, 1.807) is 36.4 Å². The van der Waals surface area contributed by atoms with Gasteiger partial charge in [0.2, 0.25) is 0 Å². The van der Waals surface area contributed by atoms with E-state index >= 15 is 0 Å². The molecular formula is C20H20ClN3O3. The fraction of sp³-hybridized carbons (Fsp3) is 0.200. The maximum absolute atomic E-state index is 12.7. The Labute approximate surface area is 162 Å². The lowest BCUT2D eigenvalue weighted by molar-refractivity contribution is -0.117. The van der Waals surface area contributed by atoms with Crippen LogP contribution < -0.4 is 15.3 Å². The molecule has 0 atom stereocenters. The molecule has 140 valence electrons. The van der Waals surface area contributed by atoms with Crippen LogP contribution in [-0.4, -0.2) is 30.0 Å². The van der Waals surface area contributed by atoms with E-state index in [2.05, 4.69) is 10.3 Å². The SMILES string of the molecule is CCN(CC)c1ccc(/C=C2/C(=O)NN(c3cccc(Cl)c3)C2=O)c(O)c1. The van der Waals surface area contributed by atoms with Crippen molar-refractivity contribution in [2.75, 3.05) is 23.0 Å². The second-order valence-corrected chi connectivity index (χ2v) is 6.47. The van der Waals surface area contributed by atoms with Gasteiger partial charge in [0.25, 0.3) is 11.8 Å². The van der Waals surface area contributed by atoms with Gasteiger partial charge in [-0.05, 0) is 50.3 Å². The molecule has 6 nitrogen and oxygen atoms in total. The fourth-order valence-corrected chi connectivity index (χ4v) is 3.13. The van der Waals surface area contributed by atoms with Crippen molar-refractivity contribution in [3.8, 4) is 5.75 Å². The van der Waals surface area contributed by atoms with Gasteiger partial charge in [0.15, 0.2) is 0 Å². The number of halogens is 1. The van der Waals surface area contributed by atoms with Crippen molar-refractivity contribution in [2.45, 2.75) is 13.8 Å². The summed E-state index contributed by atoms with van der Waals surface area (Å²) < 4.78 is 0. The highest BCUT2D eigenvalue weighted by Crippen LogP contribution is 2.29. The summed E-state index contributed by atoms with van der Waals surface area (Å²) in [7, 11) is 0. The van der Waals surface area contributed by atoms with Crippen molar-refractivity contribution >= 4 is 40.9 Å². The Morgan fingerprint density at radius 3 is 2.52 bits per heavy atom. The zero-order valence-electron chi connectivity index (χ0n) is 15.1. The third kappa shape index (κ3) is 3.75. The van der Waals surface area contributed by atoms with Crippen molar-refractivity contribution in [1.29, 1.82) is 0 Å². The minimum Gasteiger partial charge on any atom is -0.507 e. The quantitative estimate of drug-likeness (QED) is 0.611. The van der Waals surface area contributed by atoms with Crippen LogP contribution in [-0.2, 0) is 9.59 Å². The number of hydrogen-bond donors (Lipinski definition) is 2. The predicted molar refractivity (Wildman–Crippen MR) is 107 cm³/mol. The molecule has 1 heterocycles. The van der Waals surface area contributed by atoms with E-state index in [4.69, 9.17) is 11.6 Å². The van der Waals surface area contributed by atoms with Crippen LogP contribution >= 0.6 is 11.6 Å². The average molecular weight is 386 g/mol. The second-order valence-electron chi connectivity index (χ2n) is 6.03. The molecule has 1 aliphatic heterocycles. The van der Waals surface area contributed by atoms with Gasteiger partial charge in [-0.3, -0.25) is 15.0 Å². The number of carbonyl (C=O) groups is 2. The van der Waals surface area contributed by atoms with Gasteiger partial charge >= 0.3 is 0 Å². The maximum atomic E-state index is 12.7. The van der Waals surface area contributed by atoms with Crippen LogP contribution in [0, 0.1) is 0 Å². The van der Waals surface area contributed by atoms with Crippen LogP contribution in [0.25, 0.3) is 6.08 Å². The Morgan fingerprint density at radius 2 is 1.89 bits per heavy atom. The topological polar surface area (TPSA) is 72.9 Å². The largest absolute Gasteiger partial charge is 0.507 e. The third-order valence-electron chi connectivity index (χ3n) is 4.40. The van der Waals surface area contributed by atoms with Gasteiger partial charge < -0.3 is 10.0 Å². The Morgan fingerprint density at radius 1 is 1.15 bits per heavy atom. The number of carbonyl (C=O) groups excluding carboxylic acids is 2. The summed E-state index contributed by atoms with van der Waals surface area (Å²) in [5.74, 6) is -1.03. The summed E-state index contributed by atoms with van der Waals surface area (Å²) in [4.78, 5) is 27.0. The zero-order chi connectivity index (χ0) is 19.6. The molecule has 0 aromatic heterocycles. The summed E-state index contributed by atoms with van der Waals surface area (Å²) in [5.41, 5.74) is 4.20. The molecular weight excluding hydrogens is 366 g/mol. The van der Waals surface area contributed by atoms with Gasteiger partial charge in [0.05, 0.1) is 5.69 Å². The molecule has 2 aromatic rings. The van der Waals surface area contributed by atoms with Gasteiger partial charge in [0.1, 0.15) is 11.3 Å². The van der Waals surface area contributed by atoms with E-state index in [0.29, 0.717) is 16.3 Å². The standard InChI is InChI=1S/C20H20ClN3O3/c1-3-23(4-2)15-9-8-13(18(25)12-15)10-17-19(26)22-24(20(17)27)16-7-5-6-14(21)11-16/h5-12,25H,3-4H2,1-2H3,(H,22,26)/b17-10-. The highest BCUT2D eigenvalue weighted by atomic mass is 35.5. The van der Waals surface area contributed by atoms with E-state index in [-0.39, 0.29) is 11.3 Å². The minimum absolute atomic E-state index is 0.00806. The molecule has 0 radical (unpaired) electrons. The Balaban J connectivity index is 1.91. The van der Waals surface area contributed by atoms with Gasteiger partial charge in [0, 0.05) is 35.4 Å². The van der Waals surface area contributed by atoms with Crippen LogP contribution in [0.5, 0.6) is 5.75 Å². The molecule has 0 saturated carbocycles. The molecule has 1 saturated heterocycles. The first-order valence-electron chi connectivity index (χ1n) is 8.65. The Kier molecular flexibility index (Phi) is 5.37. The molecule has 3 rings (SSSR count). The van der Waals surface area contributed by atoms with E-state index in [1.165, 1.54) is 6.08 Å². The zero-order valence-corrected chi connectivity index (χ0v) is 15.8. The number of amides is 2. The fourth-order valence-electron chi connectivity index (χ4n) is 2.95. The average Bonchev–Trinajstić information content (AvgIpc) is 2.93. The highest BCUT2D eigenvalue weighted by molar-refractivity contribution is 6.33. The first-order valence-corrected chi connectivity index (χ1v) is 9.03. The van der Waals surface area contributed by atoms with E-state index < -0.39 is 11.8 Å². The molecule has 0 unspecified atom stereocenters. The van der Waals surface area contributed by atoms with Gasteiger partial charge in [-0.1, -0.05) is 17.7 Å². The summed E-state index contributed by atoms with van der Waals surface area (Å²) in [6.07, 6.45) is 1.39. The molecule has 2 aromatic carbocycles. The number of hydrogen-bond acceptors (Lipinski definition) is 4. The number of anilines is 2. The van der Waals surface area contributed by atoms with Gasteiger partial charge in [-0.15, -0.1) is 0 Å². The lowest BCUT2D eigenvalue weighted by atomic mass is 10.1. The van der Waals surface area contributed by atoms with Crippen LogP contribution in [0.3, 0.4) is 0 Å². The van der Waals surface area contributed by atoms with Crippen LogP contribution in [0.15, 0.2) is 48.0 Å². The predicted octanol–water partition coefficient (Wildman–Crippen LogP) is 3.35. The molecule has 2 N–H and O–H groups in total. The van der Waals surface area contributed by atoms with Crippen molar-refractivity contribution in [1.82, 2.24) is 5.43 Å². The lowest BCUT2D eigenvalue weighted by Crippen LogP contribution is -2.35. The van der Waals surface area contributed by atoms with Crippen molar-refractivity contribution in [2.24, 2.45) is 0 Å². The van der Waals surface area contributed by atoms with Crippen LogP contribution in [0.1, 0.15) is 19.4 Å². The monoisotopic (exact) mass is 385 g/mol. The summed E-state index contributed by atoms with van der Waals surface area (Å²) in [6, 6.07) is 11.8. The number of nitrogens with one attached hydrogen (secondary N) is 1. The molecule has 2 amide bonds. The number of hydrazine groups is 1. The summed E-state index contributed by atoms with van der Waals surface area (Å²) >= 11 is 5.96. The van der Waals surface area contributed by atoms with E-state index in [1.807, 2.05) is 19.9 Å². The van der Waals surface area contributed by atoms with Crippen molar-refractivity contribution in [3.63, 3.8) is 0 Å². The summed E-state index contributed by atoms with van der Waals surface area (Å²) in [6.45, 7) is 5.68. The first kappa shape index (κ1) is 18.8. The van der Waals surface area contributed by atoms with Gasteiger partial charge in [-0.25, -0.2) is 5.01 Å². The molecule has 1 aliphatic rings. The number of phenolic OH excluding ortho intramolecular Hbond substituents is 1. The highest BCUT2D eigenvalue weighted by Gasteiger charge is 2.34. The third-order valence-corrected chi connectivity index (χ3v) is 4.64. The van der Waals surface area contributed by atoms with Crippen molar-refractivity contribution < 1.29 is 14.7 Å². The minimum atomic E-state index is -0.535. The molecule has 7 heteroatoms. The number of rotatable bonds is 5. The van der Waals surface area contributed by atoms with Crippen LogP contribution in [0.2, 0.25) is 5.02 Å². The Bertz CT molecular complexity index is 922. The number of phenols is 1. The molecule has 0 spiro atoms. The lowest BCUT2D eigenvalue weighted by Gasteiger charge is -2.21. The Hall–Kier alpha value is -2.99. The molecule has 0 aliphatic carbocycles. The normalized spacial score (nSPS) is 15.4. The number of aromatic hydroxyl groups is 1. The number of benzene rings is 2. The first-order chi connectivity index (χ1) is 12.9. The van der Waals surface area contributed by atoms with E-state index in [9.17, 15) is 14.7 Å². The molecule has 0 bridgehead atoms. The van der Waals surface area contributed by atoms with Crippen LogP contribution in [0.4, 0.5) is 11.4 Å². The smallest absolute Gasteiger partial charge is 0.282 e. The molecule has 27 heavy (non-hydrogen) atoms. The molecule has 1 fully saturated rings. The summed E-state index contributed by atoms with van der Waals surface area (Å²) in [5, 5.41) is 11.9. The van der Waals surface area contributed by atoms with E-state index in [0.717, 1.165) is 23.8 Å². The number of nitrogens with zero attached hydrogens (tertiary/aromatic N) is 2. The van der Waals surface area contributed by atoms with Gasteiger partial charge in [-0.2, -0.15) is 0 Å².